The summed E-state index contributed by atoms with van der Waals surface area (Å²) in [6.45, 7) is 6.07. The Balaban J connectivity index is 1.52. The van der Waals surface area contributed by atoms with E-state index in [2.05, 4.69) is 10.4 Å². The summed E-state index contributed by atoms with van der Waals surface area (Å²) in [5.41, 5.74) is 2.00. The number of nitrogens with one attached hydrogen (secondary N) is 1. The summed E-state index contributed by atoms with van der Waals surface area (Å²) in [4.78, 5) is 33.3. The molecule has 0 aromatic carbocycles. The van der Waals surface area contributed by atoms with Gasteiger partial charge < -0.3 is 10.2 Å². The molecular formula is C23H29N5O2S. The Kier molecular flexibility index (Phi) is 6.65. The summed E-state index contributed by atoms with van der Waals surface area (Å²) >= 11 is 1.59. The fraction of sp³-hybridized carbons (Fsp3) is 0.478. The normalized spacial score (nSPS) is 14.7. The molecule has 0 aliphatic carbocycles. The maximum Gasteiger partial charge on any atom is 0.252 e. The van der Waals surface area contributed by atoms with E-state index >= 15 is 0 Å². The number of hydrogen-bond acceptors (Lipinski definition) is 5. The van der Waals surface area contributed by atoms with Crippen LogP contribution < -0.4 is 5.32 Å². The molecule has 0 atom stereocenters. The lowest BCUT2D eigenvalue weighted by Crippen LogP contribution is -2.35. The number of thiophene rings is 1. The van der Waals surface area contributed by atoms with Gasteiger partial charge in [0.15, 0.2) is 5.65 Å². The van der Waals surface area contributed by atoms with Crippen LogP contribution in [0.1, 0.15) is 62.4 Å². The average molecular weight is 440 g/mol. The Morgan fingerprint density at radius 1 is 1.19 bits per heavy atom. The molecule has 0 radical (unpaired) electrons. The van der Waals surface area contributed by atoms with Crippen molar-refractivity contribution in [3.63, 3.8) is 0 Å². The average Bonchev–Trinajstić information content (AvgIpc) is 3.36. The highest BCUT2D eigenvalue weighted by Crippen LogP contribution is 2.28. The van der Waals surface area contributed by atoms with Crippen LogP contribution in [-0.2, 0) is 4.79 Å². The summed E-state index contributed by atoms with van der Waals surface area (Å²) in [6.07, 6.45) is 6.54. The van der Waals surface area contributed by atoms with Crippen LogP contribution in [0.2, 0.25) is 0 Å². The van der Waals surface area contributed by atoms with Crippen molar-refractivity contribution in [1.82, 2.24) is 25.0 Å². The third-order valence-electron chi connectivity index (χ3n) is 5.66. The maximum atomic E-state index is 13.1. The lowest BCUT2D eigenvalue weighted by Gasteiger charge is -2.20. The number of rotatable bonds is 6. The van der Waals surface area contributed by atoms with E-state index in [-0.39, 0.29) is 17.9 Å². The minimum Gasteiger partial charge on any atom is -0.351 e. The molecule has 1 aliphatic heterocycles. The third-order valence-corrected chi connectivity index (χ3v) is 6.55. The second-order valence-electron chi connectivity index (χ2n) is 8.25. The van der Waals surface area contributed by atoms with Gasteiger partial charge in [0, 0.05) is 32.1 Å². The summed E-state index contributed by atoms with van der Waals surface area (Å²) in [7, 11) is 0. The number of amides is 2. The van der Waals surface area contributed by atoms with Crippen LogP contribution >= 0.6 is 11.3 Å². The molecule has 1 aliphatic rings. The molecule has 0 saturated carbocycles. The second-order valence-corrected chi connectivity index (χ2v) is 9.20. The van der Waals surface area contributed by atoms with Crippen molar-refractivity contribution in [1.29, 1.82) is 0 Å². The van der Waals surface area contributed by atoms with Crippen molar-refractivity contribution >= 4 is 34.2 Å². The molecule has 0 spiro atoms. The number of likely N-dealkylation sites (tertiary alicyclic amines) is 1. The standard InChI is InChI=1S/C23H29N5O2S/c1-16(2)28-22-18(15-25-28)17(14-19(26-22)20-8-7-13-31-20)23(30)24-10-9-21(29)27-11-5-3-4-6-12-27/h7-8,13-16H,3-6,9-12H2,1-2H3,(H,24,30). The van der Waals surface area contributed by atoms with Crippen LogP contribution in [-0.4, -0.2) is 51.1 Å². The minimum atomic E-state index is -0.197. The van der Waals surface area contributed by atoms with Crippen molar-refractivity contribution in [3.05, 3.63) is 35.3 Å². The number of carbonyl (C=O) groups is 2. The Labute approximate surface area is 186 Å². The summed E-state index contributed by atoms with van der Waals surface area (Å²) in [6, 6.07) is 5.92. The number of fused-ring (bicyclic) bond motifs is 1. The molecule has 2 amide bonds. The number of hydrogen-bond donors (Lipinski definition) is 1. The molecule has 1 saturated heterocycles. The van der Waals surface area contributed by atoms with E-state index in [1.165, 1.54) is 12.8 Å². The molecule has 4 heterocycles. The lowest BCUT2D eigenvalue weighted by atomic mass is 10.1. The van der Waals surface area contributed by atoms with Crippen molar-refractivity contribution in [2.75, 3.05) is 19.6 Å². The molecule has 0 unspecified atom stereocenters. The van der Waals surface area contributed by atoms with Gasteiger partial charge in [-0.25, -0.2) is 9.67 Å². The number of carbonyl (C=O) groups excluding carboxylic acids is 2. The lowest BCUT2D eigenvalue weighted by molar-refractivity contribution is -0.131. The Hall–Kier alpha value is -2.74. The molecule has 1 fully saturated rings. The molecule has 3 aromatic heterocycles. The largest absolute Gasteiger partial charge is 0.351 e. The highest BCUT2D eigenvalue weighted by molar-refractivity contribution is 7.13. The fourth-order valence-electron chi connectivity index (χ4n) is 3.99. The molecule has 8 heteroatoms. The van der Waals surface area contributed by atoms with Gasteiger partial charge in [0.2, 0.25) is 5.91 Å². The van der Waals surface area contributed by atoms with E-state index in [1.54, 1.807) is 17.5 Å². The highest BCUT2D eigenvalue weighted by atomic mass is 32.1. The molecule has 0 bridgehead atoms. The van der Waals surface area contributed by atoms with Gasteiger partial charge in [0.1, 0.15) is 0 Å². The van der Waals surface area contributed by atoms with Gasteiger partial charge in [0.25, 0.3) is 5.91 Å². The van der Waals surface area contributed by atoms with E-state index in [0.29, 0.717) is 24.2 Å². The first-order valence-electron chi connectivity index (χ1n) is 11.0. The van der Waals surface area contributed by atoms with Crippen molar-refractivity contribution in [2.45, 2.75) is 52.0 Å². The molecule has 164 valence electrons. The maximum absolute atomic E-state index is 13.1. The topological polar surface area (TPSA) is 80.1 Å². The second kappa shape index (κ2) is 9.60. The molecule has 4 rings (SSSR count). The van der Waals surface area contributed by atoms with Gasteiger partial charge in [-0.2, -0.15) is 5.10 Å². The van der Waals surface area contributed by atoms with Crippen LogP contribution in [0.3, 0.4) is 0 Å². The molecular weight excluding hydrogens is 410 g/mol. The molecule has 1 N–H and O–H groups in total. The fourth-order valence-corrected chi connectivity index (χ4v) is 4.68. The van der Waals surface area contributed by atoms with Gasteiger partial charge in [-0.3, -0.25) is 9.59 Å². The van der Waals surface area contributed by atoms with Gasteiger partial charge in [-0.05, 0) is 44.2 Å². The van der Waals surface area contributed by atoms with E-state index < -0.39 is 0 Å². The van der Waals surface area contributed by atoms with E-state index in [9.17, 15) is 9.59 Å². The predicted molar refractivity (Wildman–Crippen MR) is 123 cm³/mol. The first-order valence-corrected chi connectivity index (χ1v) is 11.9. The van der Waals surface area contributed by atoms with E-state index in [0.717, 1.165) is 41.9 Å². The van der Waals surface area contributed by atoms with Crippen molar-refractivity contribution in [3.8, 4) is 10.6 Å². The Bertz CT molecular complexity index is 1050. The van der Waals surface area contributed by atoms with Crippen LogP contribution in [0, 0.1) is 0 Å². The van der Waals surface area contributed by atoms with Crippen molar-refractivity contribution in [2.24, 2.45) is 0 Å². The number of pyridine rings is 1. The SMILES string of the molecule is CC(C)n1ncc2c(C(=O)NCCC(=O)N3CCCCCC3)cc(-c3cccs3)nc21. The van der Waals surface area contributed by atoms with Gasteiger partial charge >= 0.3 is 0 Å². The van der Waals surface area contributed by atoms with Gasteiger partial charge in [0.05, 0.1) is 27.7 Å². The minimum absolute atomic E-state index is 0.119. The molecule has 7 nitrogen and oxygen atoms in total. The Morgan fingerprint density at radius 3 is 2.65 bits per heavy atom. The smallest absolute Gasteiger partial charge is 0.252 e. The quantitative estimate of drug-likeness (QED) is 0.622. The monoisotopic (exact) mass is 439 g/mol. The molecule has 3 aromatic rings. The molecule has 31 heavy (non-hydrogen) atoms. The predicted octanol–water partition coefficient (Wildman–Crippen LogP) is 4.26. The number of aromatic nitrogens is 3. The first-order chi connectivity index (χ1) is 15.0. The zero-order chi connectivity index (χ0) is 21.8. The highest BCUT2D eigenvalue weighted by Gasteiger charge is 2.20. The summed E-state index contributed by atoms with van der Waals surface area (Å²) < 4.78 is 1.84. The van der Waals surface area contributed by atoms with Crippen LogP contribution in [0.5, 0.6) is 0 Å². The van der Waals surface area contributed by atoms with Gasteiger partial charge in [-0.15, -0.1) is 11.3 Å². The number of nitrogens with zero attached hydrogens (tertiary/aromatic N) is 4. The zero-order valence-corrected chi connectivity index (χ0v) is 19.0. The van der Waals surface area contributed by atoms with Gasteiger partial charge in [-0.1, -0.05) is 18.9 Å². The van der Waals surface area contributed by atoms with E-state index in [4.69, 9.17) is 4.98 Å². The van der Waals surface area contributed by atoms with Crippen LogP contribution in [0.15, 0.2) is 29.8 Å². The first kappa shape index (κ1) is 21.5. The summed E-state index contributed by atoms with van der Waals surface area (Å²) in [5, 5.41) is 10.1. The van der Waals surface area contributed by atoms with Crippen molar-refractivity contribution < 1.29 is 9.59 Å². The Morgan fingerprint density at radius 2 is 1.97 bits per heavy atom. The zero-order valence-electron chi connectivity index (χ0n) is 18.1. The van der Waals surface area contributed by atoms with Crippen LogP contribution in [0.4, 0.5) is 0 Å². The summed E-state index contributed by atoms with van der Waals surface area (Å²) in [5.74, 6) is -0.0776. The van der Waals surface area contributed by atoms with E-state index in [1.807, 2.05) is 47.0 Å². The van der Waals surface area contributed by atoms with Crippen LogP contribution in [0.25, 0.3) is 21.6 Å². The third kappa shape index (κ3) is 4.79.